The van der Waals surface area contributed by atoms with E-state index in [0.717, 1.165) is 6.07 Å². The van der Waals surface area contributed by atoms with E-state index in [0.29, 0.717) is 18.9 Å². The SMILES string of the molecule is CC1(NS(=O)(=O)c2c(F)cc([N+](=O)[O-])cc2NN)CC1. The van der Waals surface area contributed by atoms with Gasteiger partial charge in [-0.05, 0) is 19.8 Å². The fourth-order valence-electron chi connectivity index (χ4n) is 1.73. The number of anilines is 1. The summed E-state index contributed by atoms with van der Waals surface area (Å²) in [4.78, 5) is 9.07. The minimum absolute atomic E-state index is 0.367. The second kappa shape index (κ2) is 4.65. The molecule has 20 heavy (non-hydrogen) atoms. The van der Waals surface area contributed by atoms with E-state index < -0.39 is 36.9 Å². The Morgan fingerprint density at radius 3 is 2.50 bits per heavy atom. The van der Waals surface area contributed by atoms with Gasteiger partial charge >= 0.3 is 0 Å². The van der Waals surface area contributed by atoms with Gasteiger partial charge in [0.05, 0.1) is 16.7 Å². The molecule has 2 rings (SSSR count). The number of halogens is 1. The average molecular weight is 304 g/mol. The van der Waals surface area contributed by atoms with Crippen LogP contribution in [0.4, 0.5) is 15.8 Å². The smallest absolute Gasteiger partial charge is 0.274 e. The van der Waals surface area contributed by atoms with Crippen molar-refractivity contribution in [3.63, 3.8) is 0 Å². The van der Waals surface area contributed by atoms with Crippen molar-refractivity contribution in [3.8, 4) is 0 Å². The normalized spacial score (nSPS) is 16.8. The summed E-state index contributed by atoms with van der Waals surface area (Å²) in [5.41, 5.74) is 0.424. The Bertz CT molecular complexity index is 672. The van der Waals surface area contributed by atoms with Crippen LogP contribution in [-0.2, 0) is 10.0 Å². The highest BCUT2D eigenvalue weighted by molar-refractivity contribution is 7.89. The van der Waals surface area contributed by atoms with Crippen LogP contribution in [0.1, 0.15) is 19.8 Å². The highest BCUT2D eigenvalue weighted by Crippen LogP contribution is 2.37. The highest BCUT2D eigenvalue weighted by Gasteiger charge is 2.42. The lowest BCUT2D eigenvalue weighted by Crippen LogP contribution is -2.35. The maximum atomic E-state index is 13.9. The third-order valence-electron chi connectivity index (χ3n) is 3.04. The summed E-state index contributed by atoms with van der Waals surface area (Å²) in [5.74, 6) is 3.90. The Labute approximate surface area is 114 Å². The summed E-state index contributed by atoms with van der Waals surface area (Å²) in [6.07, 6.45) is 1.29. The maximum absolute atomic E-state index is 13.9. The van der Waals surface area contributed by atoms with Crippen LogP contribution in [-0.4, -0.2) is 18.9 Å². The zero-order valence-corrected chi connectivity index (χ0v) is 11.3. The molecule has 0 saturated heterocycles. The molecule has 110 valence electrons. The molecule has 0 aromatic heterocycles. The number of non-ortho nitro benzene ring substituents is 1. The van der Waals surface area contributed by atoms with Crippen molar-refractivity contribution in [2.75, 3.05) is 5.43 Å². The van der Waals surface area contributed by atoms with Gasteiger partial charge in [0.1, 0.15) is 4.90 Å². The van der Waals surface area contributed by atoms with Crippen molar-refractivity contribution in [1.29, 1.82) is 0 Å². The van der Waals surface area contributed by atoms with Crippen LogP contribution in [0.2, 0.25) is 0 Å². The lowest BCUT2D eigenvalue weighted by molar-refractivity contribution is -0.385. The highest BCUT2D eigenvalue weighted by atomic mass is 32.2. The van der Waals surface area contributed by atoms with Crippen LogP contribution in [0.15, 0.2) is 17.0 Å². The molecular weight excluding hydrogens is 291 g/mol. The molecule has 1 aromatic rings. The van der Waals surface area contributed by atoms with Gasteiger partial charge in [0.15, 0.2) is 5.82 Å². The first kappa shape index (κ1) is 14.6. The van der Waals surface area contributed by atoms with Crippen LogP contribution in [0, 0.1) is 15.9 Å². The molecule has 0 spiro atoms. The minimum Gasteiger partial charge on any atom is -0.323 e. The molecule has 1 saturated carbocycles. The zero-order valence-electron chi connectivity index (χ0n) is 10.5. The van der Waals surface area contributed by atoms with Gasteiger partial charge in [-0.3, -0.25) is 16.0 Å². The summed E-state index contributed by atoms with van der Waals surface area (Å²) >= 11 is 0. The number of hydrogen-bond donors (Lipinski definition) is 3. The van der Waals surface area contributed by atoms with E-state index in [-0.39, 0.29) is 5.69 Å². The van der Waals surface area contributed by atoms with E-state index >= 15 is 0 Å². The van der Waals surface area contributed by atoms with E-state index in [2.05, 4.69) is 4.72 Å². The minimum atomic E-state index is -4.16. The fraction of sp³-hybridized carbons (Fsp3) is 0.400. The van der Waals surface area contributed by atoms with Crippen LogP contribution in [0.25, 0.3) is 0 Å². The summed E-state index contributed by atoms with van der Waals surface area (Å²) in [7, 11) is -4.16. The van der Waals surface area contributed by atoms with Crippen LogP contribution in [0.3, 0.4) is 0 Å². The summed E-state index contributed by atoms with van der Waals surface area (Å²) in [6, 6.07) is 1.41. The molecule has 0 amide bonds. The number of nitro groups is 1. The second-order valence-electron chi connectivity index (χ2n) is 4.87. The molecule has 10 heteroatoms. The molecule has 0 atom stereocenters. The molecular formula is C10H13FN4O4S. The zero-order chi connectivity index (χ0) is 15.1. The third kappa shape index (κ3) is 2.71. The molecule has 0 radical (unpaired) electrons. The number of nitrogen functional groups attached to an aromatic ring is 1. The lowest BCUT2D eigenvalue weighted by Gasteiger charge is -2.15. The number of hydrogen-bond acceptors (Lipinski definition) is 6. The van der Waals surface area contributed by atoms with E-state index in [4.69, 9.17) is 5.84 Å². The number of benzene rings is 1. The van der Waals surface area contributed by atoms with E-state index in [9.17, 15) is 22.9 Å². The first-order chi connectivity index (χ1) is 9.18. The van der Waals surface area contributed by atoms with Gasteiger partial charge < -0.3 is 5.43 Å². The molecule has 1 aliphatic rings. The average Bonchev–Trinajstić information content (AvgIpc) is 3.03. The van der Waals surface area contributed by atoms with Gasteiger partial charge in [-0.15, -0.1) is 0 Å². The van der Waals surface area contributed by atoms with Gasteiger partial charge in [0.2, 0.25) is 10.0 Å². The standard InChI is InChI=1S/C10H13FN4O4S/c1-10(2-3-10)14-20(18,19)9-7(11)4-6(15(16)17)5-8(9)13-12/h4-5,13-14H,2-3,12H2,1H3. The summed E-state index contributed by atoms with van der Waals surface area (Å²) < 4.78 is 40.6. The van der Waals surface area contributed by atoms with Gasteiger partial charge in [0, 0.05) is 11.6 Å². The van der Waals surface area contributed by atoms with Gasteiger partial charge in [0.25, 0.3) is 5.69 Å². The molecule has 8 nitrogen and oxygen atoms in total. The van der Waals surface area contributed by atoms with Gasteiger partial charge in [-0.2, -0.15) is 0 Å². The van der Waals surface area contributed by atoms with Crippen LogP contribution >= 0.6 is 0 Å². The first-order valence-corrected chi connectivity index (χ1v) is 7.15. The van der Waals surface area contributed by atoms with Gasteiger partial charge in [-0.25, -0.2) is 17.5 Å². The molecule has 1 aliphatic carbocycles. The Morgan fingerprint density at radius 1 is 1.45 bits per heavy atom. The summed E-state index contributed by atoms with van der Waals surface area (Å²) in [6.45, 7) is 1.68. The Kier molecular flexibility index (Phi) is 3.40. The number of sulfonamides is 1. The Morgan fingerprint density at radius 2 is 2.05 bits per heavy atom. The van der Waals surface area contributed by atoms with Crippen molar-refractivity contribution in [2.45, 2.75) is 30.2 Å². The number of rotatable bonds is 5. The topological polar surface area (TPSA) is 127 Å². The Hall–Kier alpha value is -1.78. The summed E-state index contributed by atoms with van der Waals surface area (Å²) in [5, 5.41) is 10.6. The number of nitrogens with one attached hydrogen (secondary N) is 2. The third-order valence-corrected chi connectivity index (χ3v) is 4.76. The lowest BCUT2D eigenvalue weighted by atomic mass is 10.3. The first-order valence-electron chi connectivity index (χ1n) is 5.67. The molecule has 0 aliphatic heterocycles. The van der Waals surface area contributed by atoms with Crippen molar-refractivity contribution in [3.05, 3.63) is 28.1 Å². The molecule has 0 heterocycles. The number of nitrogens with two attached hydrogens (primary N) is 1. The predicted molar refractivity (Wildman–Crippen MR) is 68.8 cm³/mol. The monoisotopic (exact) mass is 304 g/mol. The molecule has 4 N–H and O–H groups in total. The van der Waals surface area contributed by atoms with E-state index in [1.807, 2.05) is 5.43 Å². The second-order valence-corrected chi connectivity index (χ2v) is 6.49. The molecule has 1 aromatic carbocycles. The molecule has 0 bridgehead atoms. The van der Waals surface area contributed by atoms with Crippen molar-refractivity contribution in [2.24, 2.45) is 5.84 Å². The van der Waals surface area contributed by atoms with E-state index in [1.165, 1.54) is 0 Å². The largest absolute Gasteiger partial charge is 0.323 e. The van der Waals surface area contributed by atoms with Crippen molar-refractivity contribution in [1.82, 2.24) is 4.72 Å². The number of hydrazine groups is 1. The fourth-order valence-corrected chi connectivity index (χ4v) is 3.41. The quantitative estimate of drug-likeness (QED) is 0.420. The van der Waals surface area contributed by atoms with Crippen molar-refractivity contribution < 1.29 is 17.7 Å². The van der Waals surface area contributed by atoms with Crippen molar-refractivity contribution >= 4 is 21.4 Å². The van der Waals surface area contributed by atoms with Crippen LogP contribution in [0.5, 0.6) is 0 Å². The molecule has 0 unspecified atom stereocenters. The number of nitro benzene ring substituents is 1. The maximum Gasteiger partial charge on any atom is 0.274 e. The molecule has 1 fully saturated rings. The van der Waals surface area contributed by atoms with Gasteiger partial charge in [-0.1, -0.05) is 0 Å². The van der Waals surface area contributed by atoms with Crippen LogP contribution < -0.4 is 16.0 Å². The predicted octanol–water partition coefficient (Wildman–Crippen LogP) is 0.850. The van der Waals surface area contributed by atoms with E-state index in [1.54, 1.807) is 6.92 Å². The number of nitrogens with zero attached hydrogens (tertiary/aromatic N) is 1. The Balaban J connectivity index is 2.53.